The molecule has 1 aromatic carbocycles. The number of aromatic nitrogens is 2. The normalized spacial score (nSPS) is 14.6. The Kier molecular flexibility index (Phi) is 4.80. The number of hydrogen-bond acceptors (Lipinski definition) is 6. The first-order valence-corrected chi connectivity index (χ1v) is 8.13. The second-order valence-corrected chi connectivity index (χ2v) is 5.59. The van der Waals surface area contributed by atoms with Gasteiger partial charge in [-0.1, -0.05) is 0 Å². The van der Waals surface area contributed by atoms with Gasteiger partial charge in [0, 0.05) is 18.8 Å². The maximum Gasteiger partial charge on any atom is 0.159 e. The third-order valence-corrected chi connectivity index (χ3v) is 3.95. The highest BCUT2D eigenvalue weighted by Gasteiger charge is 2.17. The molecule has 6 heteroatoms. The maximum absolute atomic E-state index is 6.29. The van der Waals surface area contributed by atoms with Crippen molar-refractivity contribution in [1.29, 1.82) is 0 Å². The lowest BCUT2D eigenvalue weighted by molar-refractivity contribution is 0.340. The molecule has 1 aromatic heterocycles. The molecule has 0 radical (unpaired) electrons. The van der Waals surface area contributed by atoms with Crippen LogP contribution in [0.15, 0.2) is 30.6 Å². The van der Waals surface area contributed by atoms with Gasteiger partial charge >= 0.3 is 0 Å². The van der Waals surface area contributed by atoms with Crippen LogP contribution in [0.25, 0.3) is 0 Å². The van der Waals surface area contributed by atoms with Crippen LogP contribution in [0, 0.1) is 0 Å². The van der Waals surface area contributed by atoms with Crippen molar-refractivity contribution in [2.45, 2.75) is 26.2 Å². The largest absolute Gasteiger partial charge is 0.494 e. The van der Waals surface area contributed by atoms with Gasteiger partial charge in [0.1, 0.15) is 17.8 Å². The highest BCUT2D eigenvalue weighted by Crippen LogP contribution is 2.30. The SMILES string of the molecule is CCOc1ccc(Nc2ncnc(N3CCCCC3)c2N)cc1. The van der Waals surface area contributed by atoms with Gasteiger partial charge in [0.25, 0.3) is 0 Å². The molecule has 2 heterocycles. The van der Waals surface area contributed by atoms with Crippen LogP contribution in [0.4, 0.5) is 23.0 Å². The van der Waals surface area contributed by atoms with E-state index >= 15 is 0 Å². The first kappa shape index (κ1) is 15.4. The summed E-state index contributed by atoms with van der Waals surface area (Å²) in [7, 11) is 0. The Bertz CT molecular complexity index is 638. The molecule has 0 amide bonds. The Balaban J connectivity index is 1.77. The zero-order valence-corrected chi connectivity index (χ0v) is 13.5. The van der Waals surface area contributed by atoms with E-state index in [0.29, 0.717) is 18.1 Å². The summed E-state index contributed by atoms with van der Waals surface area (Å²) in [5.74, 6) is 2.32. The molecule has 0 aliphatic carbocycles. The Morgan fingerprint density at radius 1 is 1.13 bits per heavy atom. The van der Waals surface area contributed by atoms with Crippen LogP contribution >= 0.6 is 0 Å². The molecule has 0 saturated carbocycles. The molecule has 0 atom stereocenters. The van der Waals surface area contributed by atoms with Gasteiger partial charge in [0.15, 0.2) is 11.6 Å². The average molecular weight is 313 g/mol. The van der Waals surface area contributed by atoms with Crippen molar-refractivity contribution in [2.24, 2.45) is 0 Å². The molecule has 23 heavy (non-hydrogen) atoms. The molecule has 0 bridgehead atoms. The summed E-state index contributed by atoms with van der Waals surface area (Å²) >= 11 is 0. The third-order valence-electron chi connectivity index (χ3n) is 3.95. The zero-order valence-electron chi connectivity index (χ0n) is 13.5. The summed E-state index contributed by atoms with van der Waals surface area (Å²) < 4.78 is 5.45. The summed E-state index contributed by atoms with van der Waals surface area (Å²) in [5, 5.41) is 3.26. The molecule has 6 nitrogen and oxygen atoms in total. The summed E-state index contributed by atoms with van der Waals surface area (Å²) in [6.45, 7) is 4.63. The number of anilines is 4. The van der Waals surface area contributed by atoms with E-state index in [1.807, 2.05) is 31.2 Å². The van der Waals surface area contributed by atoms with Crippen LogP contribution in [0.1, 0.15) is 26.2 Å². The molecular weight excluding hydrogens is 290 g/mol. The Morgan fingerprint density at radius 2 is 1.87 bits per heavy atom. The first-order chi connectivity index (χ1) is 11.3. The van der Waals surface area contributed by atoms with E-state index in [9.17, 15) is 0 Å². The topological polar surface area (TPSA) is 76.3 Å². The minimum atomic E-state index is 0.600. The van der Waals surface area contributed by atoms with Gasteiger partial charge in [-0.25, -0.2) is 9.97 Å². The first-order valence-electron chi connectivity index (χ1n) is 8.13. The van der Waals surface area contributed by atoms with Gasteiger partial charge in [-0.15, -0.1) is 0 Å². The zero-order chi connectivity index (χ0) is 16.1. The molecule has 3 N–H and O–H groups in total. The van der Waals surface area contributed by atoms with Crippen LogP contribution in [0.2, 0.25) is 0 Å². The summed E-state index contributed by atoms with van der Waals surface area (Å²) in [4.78, 5) is 10.9. The smallest absolute Gasteiger partial charge is 0.159 e. The lowest BCUT2D eigenvalue weighted by atomic mass is 10.1. The molecule has 3 rings (SSSR count). The number of ether oxygens (including phenoxy) is 1. The second kappa shape index (κ2) is 7.17. The molecule has 1 aliphatic heterocycles. The predicted molar refractivity (Wildman–Crippen MR) is 93.4 cm³/mol. The van der Waals surface area contributed by atoms with Crippen molar-refractivity contribution in [3.05, 3.63) is 30.6 Å². The van der Waals surface area contributed by atoms with Crippen molar-refractivity contribution >= 4 is 23.0 Å². The van der Waals surface area contributed by atoms with Crippen molar-refractivity contribution in [1.82, 2.24) is 9.97 Å². The molecule has 0 spiro atoms. The van der Waals surface area contributed by atoms with Gasteiger partial charge in [-0.05, 0) is 50.5 Å². The van der Waals surface area contributed by atoms with Crippen LogP contribution in [0.5, 0.6) is 5.75 Å². The van der Waals surface area contributed by atoms with E-state index in [-0.39, 0.29) is 0 Å². The number of nitrogens with one attached hydrogen (secondary N) is 1. The van der Waals surface area contributed by atoms with E-state index < -0.39 is 0 Å². The number of benzene rings is 1. The standard InChI is InChI=1S/C17H23N5O/c1-2-23-14-8-6-13(7-9-14)21-16-15(18)17(20-12-19-16)22-10-4-3-5-11-22/h6-9,12H,2-5,10-11,18H2,1H3,(H,19,20,21). The summed E-state index contributed by atoms with van der Waals surface area (Å²) in [5.41, 5.74) is 7.81. The number of nitrogens with zero attached hydrogens (tertiary/aromatic N) is 3. The van der Waals surface area contributed by atoms with Crippen LogP contribution in [-0.2, 0) is 0 Å². The van der Waals surface area contributed by atoms with Crippen LogP contribution < -0.4 is 20.7 Å². The molecule has 0 unspecified atom stereocenters. The lowest BCUT2D eigenvalue weighted by Crippen LogP contribution is -2.31. The van der Waals surface area contributed by atoms with Gasteiger partial charge < -0.3 is 20.7 Å². The fraction of sp³-hybridized carbons (Fsp3) is 0.412. The fourth-order valence-corrected chi connectivity index (χ4v) is 2.78. The third kappa shape index (κ3) is 3.64. The van der Waals surface area contributed by atoms with E-state index in [1.54, 1.807) is 6.33 Å². The maximum atomic E-state index is 6.29. The number of piperidine rings is 1. The lowest BCUT2D eigenvalue weighted by Gasteiger charge is -2.28. The Labute approximate surface area is 136 Å². The highest BCUT2D eigenvalue weighted by atomic mass is 16.5. The average Bonchev–Trinajstić information content (AvgIpc) is 2.59. The van der Waals surface area contributed by atoms with Crippen molar-refractivity contribution < 1.29 is 4.74 Å². The van der Waals surface area contributed by atoms with Gasteiger partial charge in [0.05, 0.1) is 6.61 Å². The number of hydrogen-bond donors (Lipinski definition) is 2. The van der Waals surface area contributed by atoms with Gasteiger partial charge in [-0.3, -0.25) is 0 Å². The Hall–Kier alpha value is -2.50. The predicted octanol–water partition coefficient (Wildman–Crippen LogP) is 3.19. The molecule has 1 aliphatic rings. The van der Waals surface area contributed by atoms with Gasteiger partial charge in [0.2, 0.25) is 0 Å². The van der Waals surface area contributed by atoms with Crippen molar-refractivity contribution in [3.8, 4) is 5.75 Å². The molecule has 1 saturated heterocycles. The van der Waals surface area contributed by atoms with Crippen LogP contribution in [-0.4, -0.2) is 29.7 Å². The minimum Gasteiger partial charge on any atom is -0.494 e. The number of nitrogens with two attached hydrogens (primary N) is 1. The van der Waals surface area contributed by atoms with Crippen molar-refractivity contribution in [2.75, 3.05) is 35.6 Å². The van der Waals surface area contributed by atoms with E-state index in [1.165, 1.54) is 19.3 Å². The monoisotopic (exact) mass is 313 g/mol. The van der Waals surface area contributed by atoms with Gasteiger partial charge in [-0.2, -0.15) is 0 Å². The minimum absolute atomic E-state index is 0.600. The quantitative estimate of drug-likeness (QED) is 0.883. The van der Waals surface area contributed by atoms with Crippen LogP contribution in [0.3, 0.4) is 0 Å². The number of rotatable bonds is 5. The summed E-state index contributed by atoms with van der Waals surface area (Å²) in [6.07, 6.45) is 5.21. The molecule has 122 valence electrons. The second-order valence-electron chi connectivity index (χ2n) is 5.59. The molecular formula is C17H23N5O. The Morgan fingerprint density at radius 3 is 2.57 bits per heavy atom. The number of nitrogen functional groups attached to an aromatic ring is 1. The molecule has 1 fully saturated rings. The highest BCUT2D eigenvalue weighted by molar-refractivity contribution is 5.78. The molecule has 2 aromatic rings. The van der Waals surface area contributed by atoms with E-state index in [0.717, 1.165) is 30.3 Å². The fourth-order valence-electron chi connectivity index (χ4n) is 2.78. The summed E-state index contributed by atoms with van der Waals surface area (Å²) in [6, 6.07) is 7.75. The van der Waals surface area contributed by atoms with E-state index in [4.69, 9.17) is 10.5 Å². The van der Waals surface area contributed by atoms with E-state index in [2.05, 4.69) is 20.2 Å². The van der Waals surface area contributed by atoms with Crippen molar-refractivity contribution in [3.63, 3.8) is 0 Å².